The van der Waals surface area contributed by atoms with Crippen LogP contribution in [-0.2, 0) is 9.59 Å². The van der Waals surface area contributed by atoms with Crippen LogP contribution in [-0.4, -0.2) is 23.9 Å². The van der Waals surface area contributed by atoms with Crippen molar-refractivity contribution in [2.24, 2.45) is 5.92 Å². The van der Waals surface area contributed by atoms with E-state index >= 15 is 0 Å². The number of imide groups is 1. The molecule has 0 aromatic rings. The maximum atomic E-state index is 11.7. The molecule has 0 unspecified atom stereocenters. The number of hydrogen-bond acceptors (Lipinski definition) is 3. The summed E-state index contributed by atoms with van der Waals surface area (Å²) in [5.74, 6) is 0.0749. The molecule has 0 aromatic carbocycles. The van der Waals surface area contributed by atoms with Crippen molar-refractivity contribution in [3.63, 3.8) is 0 Å². The number of hydrogen-bond donors (Lipinski definition) is 2. The summed E-state index contributed by atoms with van der Waals surface area (Å²) in [7, 11) is 0. The van der Waals surface area contributed by atoms with E-state index in [9.17, 15) is 9.59 Å². The molecule has 4 heteroatoms. The monoisotopic (exact) mass is 195 g/mol. The largest absolute Gasteiger partial charge is 0.340 e. The highest BCUT2D eigenvalue weighted by molar-refractivity contribution is 6.03. The number of amides is 2. The van der Waals surface area contributed by atoms with E-state index in [-0.39, 0.29) is 18.4 Å². The third kappa shape index (κ3) is 1.54. The lowest BCUT2D eigenvalue weighted by Crippen LogP contribution is -2.66. The van der Waals surface area contributed by atoms with Crippen LogP contribution in [0.15, 0.2) is 0 Å². The molecule has 4 nitrogen and oxygen atoms in total. The van der Waals surface area contributed by atoms with E-state index < -0.39 is 5.54 Å². The number of rotatable bonds is 0. The van der Waals surface area contributed by atoms with E-state index in [0.717, 1.165) is 25.7 Å². The summed E-state index contributed by atoms with van der Waals surface area (Å²) in [6.07, 6.45) is 3.49. The van der Waals surface area contributed by atoms with Crippen molar-refractivity contribution in [1.82, 2.24) is 10.6 Å². The van der Waals surface area contributed by atoms with Crippen LogP contribution in [0.1, 0.15) is 25.7 Å². The Labute approximate surface area is 83.4 Å². The van der Waals surface area contributed by atoms with Crippen LogP contribution in [0.25, 0.3) is 0 Å². The van der Waals surface area contributed by atoms with E-state index in [4.69, 9.17) is 0 Å². The predicted molar refractivity (Wildman–Crippen MR) is 51.2 cm³/mol. The van der Waals surface area contributed by atoms with Crippen molar-refractivity contribution < 1.29 is 9.59 Å². The minimum absolute atomic E-state index is 0.152. The second kappa shape index (κ2) is 3.35. The van der Waals surface area contributed by atoms with E-state index in [2.05, 4.69) is 17.6 Å². The quantitative estimate of drug-likeness (QED) is 0.422. The molecule has 2 rings (SSSR count). The van der Waals surface area contributed by atoms with Gasteiger partial charge in [-0.25, -0.2) is 0 Å². The zero-order chi connectivity index (χ0) is 10.2. The van der Waals surface area contributed by atoms with Gasteiger partial charge in [0.2, 0.25) is 11.8 Å². The van der Waals surface area contributed by atoms with Gasteiger partial charge in [-0.3, -0.25) is 20.2 Å². The summed E-state index contributed by atoms with van der Waals surface area (Å²) in [5.41, 5.74) is -0.484. The van der Waals surface area contributed by atoms with Crippen molar-refractivity contribution >= 4 is 11.8 Å². The molecule has 2 N–H and O–H groups in total. The van der Waals surface area contributed by atoms with Gasteiger partial charge in [0.25, 0.3) is 0 Å². The topological polar surface area (TPSA) is 58.2 Å². The fourth-order valence-corrected chi connectivity index (χ4v) is 2.19. The minimum atomic E-state index is -0.484. The molecule has 1 aliphatic carbocycles. The first-order chi connectivity index (χ1) is 6.62. The fourth-order valence-electron chi connectivity index (χ4n) is 2.19. The molecule has 0 aromatic heterocycles. The molecule has 0 bridgehead atoms. The number of carbonyl (C=O) groups excluding carboxylic acids is 2. The predicted octanol–water partition coefficient (Wildman–Crippen LogP) is -0.00451. The van der Waals surface area contributed by atoms with Gasteiger partial charge >= 0.3 is 0 Å². The Morgan fingerprint density at radius 3 is 2.50 bits per heavy atom. The maximum Gasteiger partial charge on any atom is 0.246 e. The smallest absolute Gasteiger partial charge is 0.246 e. The third-order valence-corrected chi connectivity index (χ3v) is 3.23. The van der Waals surface area contributed by atoms with Crippen molar-refractivity contribution in [2.75, 3.05) is 6.54 Å². The van der Waals surface area contributed by atoms with Crippen LogP contribution in [0.2, 0.25) is 0 Å². The van der Waals surface area contributed by atoms with E-state index in [1.165, 1.54) is 0 Å². The molecular weight excluding hydrogens is 180 g/mol. The van der Waals surface area contributed by atoms with Crippen LogP contribution in [0, 0.1) is 12.8 Å². The van der Waals surface area contributed by atoms with Gasteiger partial charge in [-0.15, -0.1) is 0 Å². The highest BCUT2D eigenvalue weighted by atomic mass is 16.2. The highest BCUT2D eigenvalue weighted by Crippen LogP contribution is 2.32. The zero-order valence-corrected chi connectivity index (χ0v) is 8.14. The lowest BCUT2D eigenvalue weighted by molar-refractivity contribution is -0.139. The SMILES string of the molecule is [CH2-]C1CCC2(CC1)NCC(=O)NC2=O. The Morgan fingerprint density at radius 2 is 1.93 bits per heavy atom. The van der Waals surface area contributed by atoms with Gasteiger partial charge in [0.1, 0.15) is 0 Å². The van der Waals surface area contributed by atoms with E-state index in [1.54, 1.807) is 0 Å². The van der Waals surface area contributed by atoms with Gasteiger partial charge < -0.3 is 6.92 Å². The molecule has 1 saturated heterocycles. The Kier molecular flexibility index (Phi) is 2.31. The Balaban J connectivity index is 2.08. The first kappa shape index (κ1) is 9.65. The van der Waals surface area contributed by atoms with Crippen LogP contribution >= 0.6 is 0 Å². The highest BCUT2D eigenvalue weighted by Gasteiger charge is 2.43. The summed E-state index contributed by atoms with van der Waals surface area (Å²) in [4.78, 5) is 22.6. The van der Waals surface area contributed by atoms with Gasteiger partial charge in [-0.1, -0.05) is 12.8 Å². The molecule has 2 amide bonds. The van der Waals surface area contributed by atoms with Gasteiger partial charge in [0, 0.05) is 0 Å². The zero-order valence-electron chi connectivity index (χ0n) is 8.14. The summed E-state index contributed by atoms with van der Waals surface area (Å²) >= 11 is 0. The lowest BCUT2D eigenvalue weighted by Gasteiger charge is -2.42. The molecule has 1 saturated carbocycles. The van der Waals surface area contributed by atoms with Gasteiger partial charge in [-0.05, 0) is 12.8 Å². The molecular formula is C10H15N2O2-. The molecule has 1 spiro atoms. The average molecular weight is 195 g/mol. The number of carbonyl (C=O) groups is 2. The molecule has 2 fully saturated rings. The maximum absolute atomic E-state index is 11.7. The van der Waals surface area contributed by atoms with Crippen LogP contribution in [0.3, 0.4) is 0 Å². The normalized spacial score (nSPS) is 38.5. The van der Waals surface area contributed by atoms with Crippen molar-refractivity contribution in [2.45, 2.75) is 31.2 Å². The molecule has 78 valence electrons. The van der Waals surface area contributed by atoms with Gasteiger partial charge in [-0.2, -0.15) is 5.92 Å². The van der Waals surface area contributed by atoms with Gasteiger partial charge in [0.05, 0.1) is 12.1 Å². The molecule has 1 heterocycles. The van der Waals surface area contributed by atoms with Crippen LogP contribution in [0.5, 0.6) is 0 Å². The Bertz CT molecular complexity index is 267. The van der Waals surface area contributed by atoms with Gasteiger partial charge in [0.15, 0.2) is 0 Å². The first-order valence-corrected chi connectivity index (χ1v) is 5.05. The molecule has 0 atom stereocenters. The van der Waals surface area contributed by atoms with E-state index in [1.807, 2.05) is 0 Å². The first-order valence-electron chi connectivity index (χ1n) is 5.05. The second-order valence-electron chi connectivity index (χ2n) is 4.26. The molecule has 1 aliphatic heterocycles. The molecule has 2 aliphatic rings. The number of nitrogens with one attached hydrogen (secondary N) is 2. The van der Waals surface area contributed by atoms with Crippen molar-refractivity contribution in [3.8, 4) is 0 Å². The average Bonchev–Trinajstić information content (AvgIpc) is 2.16. The molecule has 0 radical (unpaired) electrons. The van der Waals surface area contributed by atoms with Crippen molar-refractivity contribution in [3.05, 3.63) is 6.92 Å². The Hall–Kier alpha value is -0.900. The summed E-state index contributed by atoms with van der Waals surface area (Å²) in [5, 5.41) is 5.46. The minimum Gasteiger partial charge on any atom is -0.340 e. The fraction of sp³-hybridized carbons (Fsp3) is 0.700. The molecule has 14 heavy (non-hydrogen) atoms. The van der Waals surface area contributed by atoms with Crippen LogP contribution in [0.4, 0.5) is 0 Å². The third-order valence-electron chi connectivity index (χ3n) is 3.23. The second-order valence-corrected chi connectivity index (χ2v) is 4.26. The summed E-state index contributed by atoms with van der Waals surface area (Å²) in [6, 6.07) is 0. The van der Waals surface area contributed by atoms with Crippen LogP contribution < -0.4 is 10.6 Å². The lowest BCUT2D eigenvalue weighted by atomic mass is 9.76. The summed E-state index contributed by atoms with van der Waals surface area (Å²) < 4.78 is 0. The Morgan fingerprint density at radius 1 is 1.29 bits per heavy atom. The summed E-state index contributed by atoms with van der Waals surface area (Å²) in [6.45, 7) is 4.25. The van der Waals surface area contributed by atoms with E-state index in [0.29, 0.717) is 5.92 Å². The number of piperazine rings is 1. The van der Waals surface area contributed by atoms with Crippen molar-refractivity contribution in [1.29, 1.82) is 0 Å². The standard InChI is InChI=1S/C10H15N2O2/c1-7-2-4-10(5-3-7)9(14)12-8(13)6-11-10/h7,11H,1-6H2,(H,12,13,14)/q-1.